The lowest BCUT2D eigenvalue weighted by Gasteiger charge is -2.21. The minimum atomic E-state index is 0.0312. The number of ether oxygens (including phenoxy) is 2. The molecule has 2 radical (unpaired) electrons. The highest BCUT2D eigenvalue weighted by atomic mass is 16.5. The Morgan fingerprint density at radius 1 is 1.11 bits per heavy atom. The van der Waals surface area contributed by atoms with E-state index in [4.69, 9.17) is 9.47 Å². The van der Waals surface area contributed by atoms with Crippen molar-refractivity contribution >= 4 is 0 Å². The first-order valence-electron chi connectivity index (χ1n) is 2.86. The molecule has 9 heavy (non-hydrogen) atoms. The first kappa shape index (κ1) is 8.92. The van der Waals surface area contributed by atoms with Gasteiger partial charge in [-0.15, -0.1) is 0 Å². The predicted molar refractivity (Wildman–Crippen MR) is 36.4 cm³/mol. The molecule has 0 bridgehead atoms. The Balaban J connectivity index is 3.43. The van der Waals surface area contributed by atoms with Crippen molar-refractivity contribution in [2.45, 2.75) is 13.8 Å². The highest BCUT2D eigenvalue weighted by molar-refractivity contribution is 4.66. The lowest BCUT2D eigenvalue weighted by Crippen LogP contribution is -2.23. The molecule has 54 valence electrons. The first-order valence-corrected chi connectivity index (χ1v) is 2.86. The van der Waals surface area contributed by atoms with E-state index in [9.17, 15) is 0 Å². The second kappa shape index (κ2) is 3.85. The van der Waals surface area contributed by atoms with Gasteiger partial charge in [-0.2, -0.15) is 0 Å². The third-order valence-corrected chi connectivity index (χ3v) is 0.986. The van der Waals surface area contributed by atoms with Crippen LogP contribution in [0.1, 0.15) is 13.8 Å². The summed E-state index contributed by atoms with van der Waals surface area (Å²) in [7, 11) is 6.55. The maximum Gasteiger partial charge on any atom is 0.0700 e. The molecule has 0 rings (SSSR count). The third kappa shape index (κ3) is 4.43. The Morgan fingerprint density at radius 2 is 1.44 bits per heavy atom. The summed E-state index contributed by atoms with van der Waals surface area (Å²) in [6.45, 7) is 5.26. The van der Waals surface area contributed by atoms with Gasteiger partial charge in [0, 0.05) is 5.41 Å². The van der Waals surface area contributed by atoms with Crippen LogP contribution < -0.4 is 0 Å². The monoisotopic (exact) mass is 130 g/mol. The maximum absolute atomic E-state index is 4.70. The molecule has 0 aromatic rings. The summed E-state index contributed by atoms with van der Waals surface area (Å²) < 4.78 is 9.40. The van der Waals surface area contributed by atoms with Gasteiger partial charge in [0.05, 0.1) is 27.4 Å². The Hall–Kier alpha value is -0.0800. The van der Waals surface area contributed by atoms with Crippen LogP contribution in [0.25, 0.3) is 0 Å². The Bertz CT molecular complexity index is 61.3. The fourth-order valence-corrected chi connectivity index (χ4v) is 0.594. The molecule has 0 amide bonds. The zero-order chi connectivity index (χ0) is 7.33. The maximum atomic E-state index is 4.70. The summed E-state index contributed by atoms with van der Waals surface area (Å²) in [5, 5.41) is 0. The van der Waals surface area contributed by atoms with Gasteiger partial charge in [-0.25, -0.2) is 0 Å². The van der Waals surface area contributed by atoms with Gasteiger partial charge < -0.3 is 9.47 Å². The van der Waals surface area contributed by atoms with Gasteiger partial charge in [0.2, 0.25) is 0 Å². The van der Waals surface area contributed by atoms with Crippen LogP contribution in [0.4, 0.5) is 0 Å². The molecule has 0 saturated carbocycles. The molecular formula is C7H14O2. The van der Waals surface area contributed by atoms with E-state index >= 15 is 0 Å². The second-order valence-corrected chi connectivity index (χ2v) is 2.86. The molecule has 0 N–H and O–H groups in total. The van der Waals surface area contributed by atoms with E-state index in [0.29, 0.717) is 13.2 Å². The molecule has 0 atom stereocenters. The van der Waals surface area contributed by atoms with Crippen molar-refractivity contribution in [1.82, 2.24) is 0 Å². The topological polar surface area (TPSA) is 18.5 Å². The molecule has 2 heteroatoms. The van der Waals surface area contributed by atoms with E-state index in [-0.39, 0.29) is 5.41 Å². The molecule has 2 nitrogen and oxygen atoms in total. The summed E-state index contributed by atoms with van der Waals surface area (Å²) in [6, 6.07) is 0. The number of hydrogen-bond acceptors (Lipinski definition) is 2. The predicted octanol–water partition coefficient (Wildman–Crippen LogP) is 1.63. The Kier molecular flexibility index (Phi) is 3.82. The van der Waals surface area contributed by atoms with Gasteiger partial charge in [-0.05, 0) is 0 Å². The highest BCUT2D eigenvalue weighted by Gasteiger charge is 2.16. The van der Waals surface area contributed by atoms with Crippen LogP contribution in [-0.4, -0.2) is 13.2 Å². The Morgan fingerprint density at radius 3 is 1.67 bits per heavy atom. The molecule has 0 aromatic heterocycles. The second-order valence-electron chi connectivity index (χ2n) is 2.86. The molecule has 0 aromatic carbocycles. The van der Waals surface area contributed by atoms with E-state index in [2.05, 4.69) is 14.2 Å². The molecule has 0 fully saturated rings. The molecule has 0 spiro atoms. The zero-order valence-electron chi connectivity index (χ0n) is 6.14. The van der Waals surface area contributed by atoms with Crippen LogP contribution >= 0.6 is 0 Å². The van der Waals surface area contributed by atoms with Crippen LogP contribution in [0.15, 0.2) is 0 Å². The molecule has 0 aliphatic heterocycles. The van der Waals surface area contributed by atoms with Crippen molar-refractivity contribution in [1.29, 1.82) is 0 Å². The van der Waals surface area contributed by atoms with Crippen LogP contribution in [0.2, 0.25) is 0 Å². The van der Waals surface area contributed by atoms with Crippen LogP contribution in [0, 0.1) is 19.6 Å². The summed E-state index contributed by atoms with van der Waals surface area (Å²) in [5.41, 5.74) is 0.0312. The van der Waals surface area contributed by atoms with E-state index in [0.717, 1.165) is 0 Å². The minimum absolute atomic E-state index is 0.0312. The summed E-state index contributed by atoms with van der Waals surface area (Å²) in [5.74, 6) is 0. The minimum Gasteiger partial charge on any atom is -0.378 e. The first-order chi connectivity index (χ1) is 4.12. The summed E-state index contributed by atoms with van der Waals surface area (Å²) in [6.07, 6.45) is 0. The molecule has 0 aliphatic rings. The van der Waals surface area contributed by atoms with Gasteiger partial charge in [0.15, 0.2) is 0 Å². The average molecular weight is 130 g/mol. The van der Waals surface area contributed by atoms with Crippen LogP contribution in [0.5, 0.6) is 0 Å². The molecular weight excluding hydrogens is 116 g/mol. The van der Waals surface area contributed by atoms with E-state index in [1.807, 2.05) is 13.8 Å². The number of rotatable bonds is 4. The number of hydrogen-bond donors (Lipinski definition) is 0. The highest BCUT2D eigenvalue weighted by Crippen LogP contribution is 2.14. The van der Waals surface area contributed by atoms with Gasteiger partial charge in [-0.1, -0.05) is 13.8 Å². The van der Waals surface area contributed by atoms with Crippen molar-refractivity contribution in [3.05, 3.63) is 14.2 Å². The fraction of sp³-hybridized carbons (Fsp3) is 0.714. The van der Waals surface area contributed by atoms with Crippen molar-refractivity contribution in [3.8, 4) is 0 Å². The van der Waals surface area contributed by atoms with Gasteiger partial charge >= 0.3 is 0 Å². The summed E-state index contributed by atoms with van der Waals surface area (Å²) >= 11 is 0. The van der Waals surface area contributed by atoms with Gasteiger partial charge in [0.1, 0.15) is 0 Å². The van der Waals surface area contributed by atoms with Crippen molar-refractivity contribution in [2.75, 3.05) is 13.2 Å². The zero-order valence-corrected chi connectivity index (χ0v) is 6.14. The van der Waals surface area contributed by atoms with Crippen LogP contribution in [0.3, 0.4) is 0 Å². The SMILES string of the molecule is [CH2]OCC(C)(C)CO[CH2]. The fourth-order valence-electron chi connectivity index (χ4n) is 0.594. The quantitative estimate of drug-likeness (QED) is 0.575. The van der Waals surface area contributed by atoms with Crippen molar-refractivity contribution in [2.24, 2.45) is 5.41 Å². The Labute approximate surface area is 57.2 Å². The molecule has 0 aliphatic carbocycles. The standard InChI is InChI=1S/C7H14O2/c1-7(2,5-8-3)6-9-4/h3-6H2,1-2H3. The van der Waals surface area contributed by atoms with E-state index in [1.165, 1.54) is 0 Å². The largest absolute Gasteiger partial charge is 0.378 e. The summed E-state index contributed by atoms with van der Waals surface area (Å²) in [4.78, 5) is 0. The lowest BCUT2D eigenvalue weighted by atomic mass is 9.96. The molecule has 0 heterocycles. The van der Waals surface area contributed by atoms with Gasteiger partial charge in [0.25, 0.3) is 0 Å². The van der Waals surface area contributed by atoms with Crippen LogP contribution in [-0.2, 0) is 9.47 Å². The van der Waals surface area contributed by atoms with Crippen molar-refractivity contribution in [3.63, 3.8) is 0 Å². The van der Waals surface area contributed by atoms with E-state index in [1.54, 1.807) is 0 Å². The van der Waals surface area contributed by atoms with Crippen molar-refractivity contribution < 1.29 is 9.47 Å². The third-order valence-electron chi connectivity index (χ3n) is 0.986. The molecule has 0 saturated heterocycles. The average Bonchev–Trinajstić information content (AvgIpc) is 1.64. The smallest absolute Gasteiger partial charge is 0.0700 e. The van der Waals surface area contributed by atoms with E-state index < -0.39 is 0 Å². The molecule has 0 unspecified atom stereocenters. The normalized spacial score (nSPS) is 12.0. The lowest BCUT2D eigenvalue weighted by molar-refractivity contribution is 0.0607. The van der Waals surface area contributed by atoms with Gasteiger partial charge in [-0.3, -0.25) is 0 Å².